The molecule has 0 heterocycles. The monoisotopic (exact) mass is 151 g/mol. The van der Waals surface area contributed by atoms with Gasteiger partial charge in [-0.25, -0.2) is 0 Å². The molecular weight excluding hydrogens is 134 g/mol. The molecule has 0 aromatic heterocycles. The SMILES string of the molecule is C.CN(C)Cc1ccccc1. The van der Waals surface area contributed by atoms with Gasteiger partial charge in [0.25, 0.3) is 0 Å². The van der Waals surface area contributed by atoms with Gasteiger partial charge in [-0.05, 0) is 19.7 Å². The van der Waals surface area contributed by atoms with Gasteiger partial charge in [0.15, 0.2) is 0 Å². The van der Waals surface area contributed by atoms with Gasteiger partial charge in [-0.15, -0.1) is 0 Å². The summed E-state index contributed by atoms with van der Waals surface area (Å²) in [6, 6.07) is 10.5. The third kappa shape index (κ3) is 3.79. The van der Waals surface area contributed by atoms with Crippen LogP contribution in [0.15, 0.2) is 30.3 Å². The molecule has 0 aliphatic heterocycles. The first-order valence-corrected chi connectivity index (χ1v) is 3.47. The van der Waals surface area contributed by atoms with Crippen LogP contribution in [0.3, 0.4) is 0 Å². The lowest BCUT2D eigenvalue weighted by Gasteiger charge is -2.08. The molecule has 0 fully saturated rings. The summed E-state index contributed by atoms with van der Waals surface area (Å²) in [5, 5.41) is 0. The predicted molar refractivity (Wildman–Crippen MR) is 50.6 cm³/mol. The Morgan fingerprint density at radius 1 is 1.09 bits per heavy atom. The van der Waals surface area contributed by atoms with E-state index in [-0.39, 0.29) is 7.43 Å². The molecule has 0 saturated carbocycles. The van der Waals surface area contributed by atoms with E-state index in [0.717, 1.165) is 6.54 Å². The molecule has 0 bridgehead atoms. The maximum absolute atomic E-state index is 2.16. The van der Waals surface area contributed by atoms with Crippen molar-refractivity contribution in [3.05, 3.63) is 35.9 Å². The van der Waals surface area contributed by atoms with Crippen molar-refractivity contribution in [2.75, 3.05) is 14.1 Å². The molecule has 1 nitrogen and oxygen atoms in total. The summed E-state index contributed by atoms with van der Waals surface area (Å²) in [7, 11) is 4.15. The van der Waals surface area contributed by atoms with Gasteiger partial charge in [0, 0.05) is 6.54 Å². The Morgan fingerprint density at radius 2 is 1.64 bits per heavy atom. The molecule has 0 N–H and O–H groups in total. The van der Waals surface area contributed by atoms with Crippen LogP contribution in [-0.2, 0) is 6.54 Å². The van der Waals surface area contributed by atoms with Gasteiger partial charge in [0.05, 0.1) is 0 Å². The minimum absolute atomic E-state index is 0. The van der Waals surface area contributed by atoms with E-state index in [9.17, 15) is 0 Å². The Bertz CT molecular complexity index is 179. The van der Waals surface area contributed by atoms with Crippen LogP contribution in [0.25, 0.3) is 0 Å². The molecule has 0 unspecified atom stereocenters. The first-order valence-electron chi connectivity index (χ1n) is 3.47. The normalized spacial score (nSPS) is 9.36. The summed E-state index contributed by atoms with van der Waals surface area (Å²) < 4.78 is 0. The summed E-state index contributed by atoms with van der Waals surface area (Å²) in [6.45, 7) is 1.03. The Labute approximate surface area is 69.7 Å². The van der Waals surface area contributed by atoms with Gasteiger partial charge >= 0.3 is 0 Å². The van der Waals surface area contributed by atoms with E-state index in [1.54, 1.807) is 0 Å². The van der Waals surface area contributed by atoms with Gasteiger partial charge in [-0.2, -0.15) is 0 Å². The molecule has 0 aliphatic rings. The minimum atomic E-state index is 0. The zero-order valence-electron chi connectivity index (χ0n) is 6.54. The van der Waals surface area contributed by atoms with E-state index >= 15 is 0 Å². The molecule has 0 spiro atoms. The van der Waals surface area contributed by atoms with E-state index in [1.807, 2.05) is 6.07 Å². The molecule has 1 aromatic rings. The fourth-order valence-electron chi connectivity index (χ4n) is 0.949. The molecule has 0 amide bonds. The van der Waals surface area contributed by atoms with Crippen molar-refractivity contribution in [1.29, 1.82) is 0 Å². The molecule has 0 atom stereocenters. The van der Waals surface area contributed by atoms with Gasteiger partial charge in [0.1, 0.15) is 0 Å². The summed E-state index contributed by atoms with van der Waals surface area (Å²) in [6.07, 6.45) is 0. The topological polar surface area (TPSA) is 3.24 Å². The van der Waals surface area contributed by atoms with E-state index < -0.39 is 0 Å². The van der Waals surface area contributed by atoms with Crippen molar-refractivity contribution < 1.29 is 0 Å². The molecule has 1 rings (SSSR count). The average Bonchev–Trinajstić information content (AvgIpc) is 1.88. The zero-order chi connectivity index (χ0) is 7.40. The number of nitrogens with zero attached hydrogens (tertiary/aromatic N) is 1. The summed E-state index contributed by atoms with van der Waals surface area (Å²) in [5.41, 5.74) is 1.37. The third-order valence-corrected chi connectivity index (χ3v) is 1.34. The number of rotatable bonds is 2. The second kappa shape index (κ2) is 4.91. The van der Waals surface area contributed by atoms with Crippen molar-refractivity contribution in [1.82, 2.24) is 4.90 Å². The molecule has 62 valence electrons. The van der Waals surface area contributed by atoms with Crippen LogP contribution in [0.2, 0.25) is 0 Å². The van der Waals surface area contributed by atoms with E-state index in [1.165, 1.54) is 5.56 Å². The minimum Gasteiger partial charge on any atom is -0.305 e. The fourth-order valence-corrected chi connectivity index (χ4v) is 0.949. The van der Waals surface area contributed by atoms with Crippen LogP contribution in [0, 0.1) is 0 Å². The highest BCUT2D eigenvalue weighted by atomic mass is 15.0. The lowest BCUT2D eigenvalue weighted by molar-refractivity contribution is 0.402. The Balaban J connectivity index is 0.000001000. The molecule has 0 radical (unpaired) electrons. The highest BCUT2D eigenvalue weighted by Crippen LogP contribution is 1.99. The quantitative estimate of drug-likeness (QED) is 0.627. The number of hydrogen-bond acceptors (Lipinski definition) is 1. The first-order chi connectivity index (χ1) is 4.79. The third-order valence-electron chi connectivity index (χ3n) is 1.34. The fraction of sp³-hybridized carbons (Fsp3) is 0.400. The van der Waals surface area contributed by atoms with Crippen LogP contribution < -0.4 is 0 Å². The van der Waals surface area contributed by atoms with Crippen molar-refractivity contribution in [3.8, 4) is 0 Å². The largest absolute Gasteiger partial charge is 0.305 e. The highest BCUT2D eigenvalue weighted by molar-refractivity contribution is 5.14. The second-order valence-electron chi connectivity index (χ2n) is 2.72. The molecule has 0 aliphatic carbocycles. The van der Waals surface area contributed by atoms with Crippen LogP contribution >= 0.6 is 0 Å². The van der Waals surface area contributed by atoms with Gasteiger partial charge < -0.3 is 4.90 Å². The summed E-state index contributed by atoms with van der Waals surface area (Å²) >= 11 is 0. The van der Waals surface area contributed by atoms with Gasteiger partial charge in [-0.1, -0.05) is 37.8 Å². The summed E-state index contributed by atoms with van der Waals surface area (Å²) in [5.74, 6) is 0. The predicted octanol–water partition coefficient (Wildman–Crippen LogP) is 2.38. The van der Waals surface area contributed by atoms with Gasteiger partial charge in [-0.3, -0.25) is 0 Å². The van der Waals surface area contributed by atoms with Crippen LogP contribution in [0.5, 0.6) is 0 Å². The zero-order valence-corrected chi connectivity index (χ0v) is 6.54. The van der Waals surface area contributed by atoms with Crippen molar-refractivity contribution in [2.45, 2.75) is 14.0 Å². The van der Waals surface area contributed by atoms with Crippen LogP contribution in [-0.4, -0.2) is 19.0 Å². The molecule has 11 heavy (non-hydrogen) atoms. The van der Waals surface area contributed by atoms with E-state index in [4.69, 9.17) is 0 Å². The smallest absolute Gasteiger partial charge is 0.0227 e. The lowest BCUT2D eigenvalue weighted by Crippen LogP contribution is -2.10. The first kappa shape index (κ1) is 10.2. The Morgan fingerprint density at radius 3 is 2.09 bits per heavy atom. The highest BCUT2D eigenvalue weighted by Gasteiger charge is 1.90. The number of benzene rings is 1. The average molecular weight is 151 g/mol. The molecular formula is C10H17N. The van der Waals surface area contributed by atoms with Crippen LogP contribution in [0.4, 0.5) is 0 Å². The van der Waals surface area contributed by atoms with Crippen molar-refractivity contribution in [2.24, 2.45) is 0 Å². The van der Waals surface area contributed by atoms with E-state index in [0.29, 0.717) is 0 Å². The Kier molecular flexibility index (Phi) is 4.55. The maximum Gasteiger partial charge on any atom is 0.0227 e. The Hall–Kier alpha value is -0.820. The van der Waals surface area contributed by atoms with Crippen LogP contribution in [0.1, 0.15) is 13.0 Å². The van der Waals surface area contributed by atoms with Gasteiger partial charge in [0.2, 0.25) is 0 Å². The van der Waals surface area contributed by atoms with Crippen molar-refractivity contribution in [3.63, 3.8) is 0 Å². The van der Waals surface area contributed by atoms with E-state index in [2.05, 4.69) is 43.3 Å². The molecule has 0 saturated heterocycles. The maximum atomic E-state index is 2.16. The summed E-state index contributed by atoms with van der Waals surface area (Å²) in [4.78, 5) is 2.16. The number of hydrogen-bond donors (Lipinski definition) is 0. The second-order valence-corrected chi connectivity index (χ2v) is 2.72. The van der Waals surface area contributed by atoms with Crippen molar-refractivity contribution >= 4 is 0 Å². The molecule has 1 aromatic carbocycles. The lowest BCUT2D eigenvalue weighted by atomic mass is 10.2. The standard InChI is InChI=1S/C9H13N.CH4/c1-10(2)8-9-6-4-3-5-7-9;/h3-7H,8H2,1-2H3;1H4. The molecule has 1 heteroatoms.